The number of nitrogens with zero attached hydrogens (tertiary/aromatic N) is 2. The van der Waals surface area contributed by atoms with Gasteiger partial charge in [0, 0.05) is 11.6 Å². The fraction of sp³-hybridized carbons (Fsp3) is 0.400. The Hall–Kier alpha value is -2.57. The number of ether oxygens (including phenoxy) is 1. The molecule has 1 unspecified atom stereocenters. The normalized spacial score (nSPS) is 11.9. The summed E-state index contributed by atoms with van der Waals surface area (Å²) in [6.07, 6.45) is 0. The third kappa shape index (κ3) is 3.36. The first-order valence-electron chi connectivity index (χ1n) is 6.94. The third-order valence-electron chi connectivity index (χ3n) is 3.39. The number of hydrogen-bond acceptors (Lipinski definition) is 5. The van der Waals surface area contributed by atoms with Gasteiger partial charge in [0.25, 0.3) is 0 Å². The summed E-state index contributed by atoms with van der Waals surface area (Å²) in [5.41, 5.74) is 2.97. The van der Waals surface area contributed by atoms with Crippen LogP contribution in [0.3, 0.4) is 0 Å². The molecule has 2 aromatic heterocycles. The van der Waals surface area contributed by atoms with Gasteiger partial charge in [0.05, 0.1) is 30.2 Å². The van der Waals surface area contributed by atoms with Crippen molar-refractivity contribution in [3.63, 3.8) is 0 Å². The van der Waals surface area contributed by atoms with Crippen molar-refractivity contribution in [1.29, 1.82) is 0 Å². The molecule has 0 saturated heterocycles. The molecule has 0 spiro atoms. The summed E-state index contributed by atoms with van der Waals surface area (Å²) in [6.45, 7) is 7.35. The minimum absolute atomic E-state index is 0.210. The van der Waals surface area contributed by atoms with E-state index in [1.807, 2.05) is 20.8 Å². The van der Waals surface area contributed by atoms with Crippen molar-refractivity contribution in [2.24, 2.45) is 0 Å². The SMILES string of the molecule is COc1ccc(NC(=O)NC(C)c2c(C)noc2C)c(C)n1. The molecule has 0 aromatic carbocycles. The number of hydrogen-bond donors (Lipinski definition) is 2. The number of urea groups is 1. The number of methoxy groups -OCH3 is 1. The van der Waals surface area contributed by atoms with Crippen molar-refractivity contribution in [3.05, 3.63) is 34.8 Å². The lowest BCUT2D eigenvalue weighted by molar-refractivity contribution is 0.249. The van der Waals surface area contributed by atoms with Crippen molar-refractivity contribution in [1.82, 2.24) is 15.5 Å². The van der Waals surface area contributed by atoms with Crippen LogP contribution in [0, 0.1) is 20.8 Å². The maximum absolute atomic E-state index is 12.1. The first kappa shape index (κ1) is 15.8. The topological polar surface area (TPSA) is 89.3 Å². The number of anilines is 1. The van der Waals surface area contributed by atoms with Crippen LogP contribution in [0.1, 0.15) is 35.7 Å². The molecule has 118 valence electrons. The van der Waals surface area contributed by atoms with Crippen LogP contribution in [0.5, 0.6) is 5.88 Å². The monoisotopic (exact) mass is 304 g/mol. The van der Waals surface area contributed by atoms with Crippen LogP contribution in [-0.2, 0) is 0 Å². The smallest absolute Gasteiger partial charge is 0.319 e. The van der Waals surface area contributed by atoms with Gasteiger partial charge in [-0.3, -0.25) is 0 Å². The fourth-order valence-electron chi connectivity index (χ4n) is 2.32. The maximum atomic E-state index is 12.1. The summed E-state index contributed by atoms with van der Waals surface area (Å²) in [6, 6.07) is 2.92. The number of rotatable bonds is 4. The number of aromatic nitrogens is 2. The second kappa shape index (κ2) is 6.46. The second-order valence-corrected chi connectivity index (χ2v) is 5.04. The van der Waals surface area contributed by atoms with E-state index >= 15 is 0 Å². The molecule has 7 nitrogen and oxygen atoms in total. The molecule has 2 rings (SSSR count). The average molecular weight is 304 g/mol. The highest BCUT2D eigenvalue weighted by Gasteiger charge is 2.18. The Morgan fingerprint density at radius 1 is 1.27 bits per heavy atom. The standard InChI is InChI=1S/C15H20N4O3/c1-8-12(6-7-13(16-8)21-5)18-15(20)17-9(2)14-10(3)19-22-11(14)4/h6-7,9H,1-5H3,(H2,17,18,20). The molecule has 22 heavy (non-hydrogen) atoms. The van der Waals surface area contributed by atoms with Crippen molar-refractivity contribution in [2.45, 2.75) is 33.7 Å². The minimum atomic E-state index is -0.317. The lowest BCUT2D eigenvalue weighted by atomic mass is 10.1. The van der Waals surface area contributed by atoms with Crippen LogP contribution in [0.2, 0.25) is 0 Å². The highest BCUT2D eigenvalue weighted by atomic mass is 16.5. The van der Waals surface area contributed by atoms with Crippen LogP contribution < -0.4 is 15.4 Å². The molecule has 2 amide bonds. The first-order valence-corrected chi connectivity index (χ1v) is 6.94. The summed E-state index contributed by atoms with van der Waals surface area (Å²) in [4.78, 5) is 16.3. The van der Waals surface area contributed by atoms with E-state index in [4.69, 9.17) is 9.26 Å². The molecule has 2 N–H and O–H groups in total. The lowest BCUT2D eigenvalue weighted by Crippen LogP contribution is -2.31. The van der Waals surface area contributed by atoms with E-state index in [0.717, 1.165) is 11.3 Å². The Kier molecular flexibility index (Phi) is 4.65. The predicted octanol–water partition coefficient (Wildman–Crippen LogP) is 2.89. The number of amides is 2. The van der Waals surface area contributed by atoms with Gasteiger partial charge in [-0.05, 0) is 33.8 Å². The molecule has 0 radical (unpaired) electrons. The molecule has 2 heterocycles. The summed E-state index contributed by atoms with van der Waals surface area (Å²) in [5, 5.41) is 9.52. The highest BCUT2D eigenvalue weighted by molar-refractivity contribution is 5.90. The van der Waals surface area contributed by atoms with Gasteiger partial charge in [-0.15, -0.1) is 0 Å². The Morgan fingerprint density at radius 2 is 2.00 bits per heavy atom. The molecule has 2 aromatic rings. The highest BCUT2D eigenvalue weighted by Crippen LogP contribution is 2.21. The molecule has 0 fully saturated rings. The van der Waals surface area contributed by atoms with Crippen LogP contribution in [0.15, 0.2) is 16.7 Å². The van der Waals surface area contributed by atoms with Crippen LogP contribution in [0.25, 0.3) is 0 Å². The van der Waals surface area contributed by atoms with Crippen LogP contribution >= 0.6 is 0 Å². The molecule has 0 aliphatic heterocycles. The van der Waals surface area contributed by atoms with E-state index in [2.05, 4.69) is 20.8 Å². The minimum Gasteiger partial charge on any atom is -0.481 e. The zero-order valence-electron chi connectivity index (χ0n) is 13.4. The van der Waals surface area contributed by atoms with Gasteiger partial charge in [-0.1, -0.05) is 5.16 Å². The first-order chi connectivity index (χ1) is 10.4. The molecule has 1 atom stereocenters. The molecule has 7 heteroatoms. The van der Waals surface area contributed by atoms with E-state index in [9.17, 15) is 4.79 Å². The van der Waals surface area contributed by atoms with Gasteiger partial charge in [-0.2, -0.15) is 0 Å². The quantitative estimate of drug-likeness (QED) is 0.906. The number of nitrogens with one attached hydrogen (secondary N) is 2. The van der Waals surface area contributed by atoms with Crippen molar-refractivity contribution >= 4 is 11.7 Å². The van der Waals surface area contributed by atoms with Crippen molar-refractivity contribution in [2.75, 3.05) is 12.4 Å². The number of aryl methyl sites for hydroxylation is 3. The largest absolute Gasteiger partial charge is 0.481 e. The van der Waals surface area contributed by atoms with Gasteiger partial charge in [0.15, 0.2) is 0 Å². The predicted molar refractivity (Wildman–Crippen MR) is 82.1 cm³/mol. The molecular weight excluding hydrogens is 284 g/mol. The third-order valence-corrected chi connectivity index (χ3v) is 3.39. The average Bonchev–Trinajstić information content (AvgIpc) is 2.80. The zero-order valence-corrected chi connectivity index (χ0v) is 13.4. The number of carbonyl (C=O) groups is 1. The lowest BCUT2D eigenvalue weighted by Gasteiger charge is -2.15. The second-order valence-electron chi connectivity index (χ2n) is 5.04. The Morgan fingerprint density at radius 3 is 2.55 bits per heavy atom. The summed E-state index contributed by atoms with van der Waals surface area (Å²) >= 11 is 0. The van der Waals surface area contributed by atoms with E-state index in [1.165, 1.54) is 0 Å². The number of pyridine rings is 1. The maximum Gasteiger partial charge on any atom is 0.319 e. The van der Waals surface area contributed by atoms with E-state index < -0.39 is 0 Å². The molecule has 0 bridgehead atoms. The van der Waals surface area contributed by atoms with Crippen molar-refractivity contribution < 1.29 is 14.1 Å². The molecule has 0 saturated carbocycles. The van der Waals surface area contributed by atoms with Gasteiger partial charge in [0.2, 0.25) is 5.88 Å². The van der Waals surface area contributed by atoms with E-state index in [0.29, 0.717) is 23.0 Å². The van der Waals surface area contributed by atoms with Crippen LogP contribution in [-0.4, -0.2) is 23.3 Å². The molecule has 0 aliphatic rings. The Labute approximate surface area is 129 Å². The summed E-state index contributed by atoms with van der Waals surface area (Å²) in [7, 11) is 1.55. The van der Waals surface area contributed by atoms with Gasteiger partial charge in [0.1, 0.15) is 5.76 Å². The fourth-order valence-corrected chi connectivity index (χ4v) is 2.32. The Bertz CT molecular complexity index is 662. The Balaban J connectivity index is 2.04. The summed E-state index contributed by atoms with van der Waals surface area (Å²) < 4.78 is 10.2. The summed E-state index contributed by atoms with van der Waals surface area (Å²) in [5.74, 6) is 1.21. The van der Waals surface area contributed by atoms with Crippen molar-refractivity contribution in [3.8, 4) is 5.88 Å². The van der Waals surface area contributed by atoms with E-state index in [-0.39, 0.29) is 12.1 Å². The number of carbonyl (C=O) groups excluding carboxylic acids is 1. The van der Waals surface area contributed by atoms with Gasteiger partial charge in [-0.25, -0.2) is 9.78 Å². The molecular formula is C15H20N4O3. The zero-order chi connectivity index (χ0) is 16.3. The van der Waals surface area contributed by atoms with Gasteiger partial charge >= 0.3 is 6.03 Å². The van der Waals surface area contributed by atoms with E-state index in [1.54, 1.807) is 26.2 Å². The van der Waals surface area contributed by atoms with Crippen LogP contribution in [0.4, 0.5) is 10.5 Å². The van der Waals surface area contributed by atoms with Gasteiger partial charge < -0.3 is 19.9 Å². The molecule has 0 aliphatic carbocycles.